The first-order valence-corrected chi connectivity index (χ1v) is 7.61. The topological polar surface area (TPSA) is 37.8 Å². The molecule has 0 radical (unpaired) electrons. The summed E-state index contributed by atoms with van der Waals surface area (Å²) in [6, 6.07) is 8.85. The lowest BCUT2D eigenvalue weighted by atomic mass is 10.1. The van der Waals surface area contributed by atoms with E-state index in [9.17, 15) is 8.78 Å². The maximum absolute atomic E-state index is 12.3. The van der Waals surface area contributed by atoms with Gasteiger partial charge in [-0.3, -0.25) is 0 Å². The zero-order chi connectivity index (χ0) is 15.2. The maximum atomic E-state index is 12.3. The predicted molar refractivity (Wildman–Crippen MR) is 82.9 cm³/mol. The molecule has 112 valence electrons. The molecule has 6 heteroatoms. The second-order valence-electron chi connectivity index (χ2n) is 4.46. The first kappa shape index (κ1) is 15.7. The van der Waals surface area contributed by atoms with Gasteiger partial charge in [0.15, 0.2) is 0 Å². The second-order valence-corrected chi connectivity index (χ2v) is 5.52. The van der Waals surface area contributed by atoms with Crippen LogP contribution in [0.2, 0.25) is 0 Å². The molecule has 1 aromatic heterocycles. The Balaban J connectivity index is 2.29. The summed E-state index contributed by atoms with van der Waals surface area (Å²) in [6.45, 7) is 2.07. The average molecular weight is 309 g/mol. The highest BCUT2D eigenvalue weighted by atomic mass is 32.2. The molecule has 1 aromatic carbocycles. The van der Waals surface area contributed by atoms with Crippen molar-refractivity contribution in [3.8, 4) is 11.3 Å². The minimum absolute atomic E-state index is 0.543. The molecule has 0 atom stereocenters. The van der Waals surface area contributed by atoms with Gasteiger partial charge in [0.25, 0.3) is 5.76 Å². The van der Waals surface area contributed by atoms with Crippen LogP contribution in [0.1, 0.15) is 19.2 Å². The van der Waals surface area contributed by atoms with E-state index in [4.69, 9.17) is 0 Å². The summed E-state index contributed by atoms with van der Waals surface area (Å²) < 4.78 is 24.6. The van der Waals surface area contributed by atoms with Crippen LogP contribution >= 0.6 is 11.8 Å². The average Bonchev–Trinajstić information content (AvgIpc) is 2.47. The molecule has 0 spiro atoms. The van der Waals surface area contributed by atoms with E-state index in [1.54, 1.807) is 12.1 Å². The zero-order valence-corrected chi connectivity index (χ0v) is 12.8. The van der Waals surface area contributed by atoms with E-state index < -0.39 is 5.76 Å². The van der Waals surface area contributed by atoms with Gasteiger partial charge in [-0.1, -0.05) is 30.8 Å². The van der Waals surface area contributed by atoms with Crippen LogP contribution in [0.15, 0.2) is 35.2 Å². The molecule has 2 aromatic rings. The Labute approximate surface area is 127 Å². The van der Waals surface area contributed by atoms with Gasteiger partial charge in [0.1, 0.15) is 11.6 Å². The van der Waals surface area contributed by atoms with Crippen LogP contribution in [-0.4, -0.2) is 22.8 Å². The minimum atomic E-state index is -2.40. The summed E-state index contributed by atoms with van der Waals surface area (Å²) in [6.07, 6.45) is 1.78. The van der Waals surface area contributed by atoms with Crippen molar-refractivity contribution in [3.05, 3.63) is 36.2 Å². The molecule has 0 aliphatic carbocycles. The van der Waals surface area contributed by atoms with Crippen molar-refractivity contribution >= 4 is 17.6 Å². The van der Waals surface area contributed by atoms with E-state index >= 15 is 0 Å². The molecule has 2 rings (SSSR count). The number of aromatic nitrogens is 2. The number of halogens is 2. The fourth-order valence-electron chi connectivity index (χ4n) is 1.92. The van der Waals surface area contributed by atoms with E-state index in [-0.39, 0.29) is 0 Å². The van der Waals surface area contributed by atoms with E-state index in [1.807, 2.05) is 25.2 Å². The van der Waals surface area contributed by atoms with Crippen LogP contribution in [0, 0.1) is 0 Å². The normalized spacial score (nSPS) is 10.9. The Kier molecular flexibility index (Phi) is 5.50. The van der Waals surface area contributed by atoms with Crippen LogP contribution in [0.4, 0.5) is 14.6 Å². The van der Waals surface area contributed by atoms with Gasteiger partial charge in [-0.2, -0.15) is 8.78 Å². The molecule has 0 fully saturated rings. The number of hydrogen-bond acceptors (Lipinski definition) is 4. The lowest BCUT2D eigenvalue weighted by Gasteiger charge is -2.08. The number of thioether (sulfide) groups is 1. The molecule has 1 heterocycles. The largest absolute Gasteiger partial charge is 0.373 e. The van der Waals surface area contributed by atoms with Crippen molar-refractivity contribution < 1.29 is 8.78 Å². The first-order valence-electron chi connectivity index (χ1n) is 6.73. The summed E-state index contributed by atoms with van der Waals surface area (Å²) >= 11 is 0.543. The Morgan fingerprint density at radius 2 is 1.90 bits per heavy atom. The van der Waals surface area contributed by atoms with Gasteiger partial charge in [0.05, 0.1) is 5.69 Å². The van der Waals surface area contributed by atoms with E-state index in [2.05, 4.69) is 22.2 Å². The summed E-state index contributed by atoms with van der Waals surface area (Å²) in [5.41, 5.74) is 1.69. The van der Waals surface area contributed by atoms with Gasteiger partial charge in [-0.25, -0.2) is 9.97 Å². The molecule has 0 aliphatic heterocycles. The number of alkyl halides is 2. The molecule has 0 saturated carbocycles. The van der Waals surface area contributed by atoms with Gasteiger partial charge in [0, 0.05) is 30.0 Å². The number of hydrogen-bond donors (Lipinski definition) is 1. The molecule has 0 bridgehead atoms. The van der Waals surface area contributed by atoms with Crippen LogP contribution in [0.3, 0.4) is 0 Å². The highest BCUT2D eigenvalue weighted by Gasteiger charge is 2.08. The lowest BCUT2D eigenvalue weighted by Crippen LogP contribution is -2.01. The monoisotopic (exact) mass is 309 g/mol. The number of anilines is 1. The summed E-state index contributed by atoms with van der Waals surface area (Å²) in [5, 5.41) is 3.02. The molecular weight excluding hydrogens is 292 g/mol. The molecule has 0 aliphatic rings. The second kappa shape index (κ2) is 7.36. The number of benzene rings is 1. The summed E-state index contributed by atoms with van der Waals surface area (Å²) in [7, 11) is 1.81. The summed E-state index contributed by atoms with van der Waals surface area (Å²) in [4.78, 5) is 9.47. The SMILES string of the molecule is CCCc1nc(NC)cc(-c2ccc(SC(F)F)cc2)n1. The van der Waals surface area contributed by atoms with Crippen LogP contribution in [-0.2, 0) is 6.42 Å². The number of nitrogens with zero attached hydrogens (tertiary/aromatic N) is 2. The minimum Gasteiger partial charge on any atom is -0.373 e. The zero-order valence-electron chi connectivity index (χ0n) is 11.9. The number of rotatable bonds is 6. The summed E-state index contributed by atoms with van der Waals surface area (Å²) in [5.74, 6) is -0.859. The van der Waals surface area contributed by atoms with Crippen LogP contribution in [0.25, 0.3) is 11.3 Å². The Hall–Kier alpha value is -1.69. The Morgan fingerprint density at radius 1 is 1.19 bits per heavy atom. The van der Waals surface area contributed by atoms with Crippen LogP contribution < -0.4 is 5.32 Å². The van der Waals surface area contributed by atoms with Gasteiger partial charge < -0.3 is 5.32 Å². The highest BCUT2D eigenvalue weighted by molar-refractivity contribution is 7.99. The molecule has 0 amide bonds. The van der Waals surface area contributed by atoms with E-state index in [0.717, 1.165) is 35.7 Å². The van der Waals surface area contributed by atoms with E-state index in [0.29, 0.717) is 16.7 Å². The molecule has 3 nitrogen and oxygen atoms in total. The third-order valence-corrected chi connectivity index (χ3v) is 3.60. The predicted octanol–water partition coefficient (Wildman–Crippen LogP) is 4.45. The fourth-order valence-corrected chi connectivity index (χ4v) is 2.41. The van der Waals surface area contributed by atoms with Gasteiger partial charge in [0.2, 0.25) is 0 Å². The van der Waals surface area contributed by atoms with Crippen molar-refractivity contribution in [1.29, 1.82) is 0 Å². The fraction of sp³-hybridized carbons (Fsp3) is 0.333. The quantitative estimate of drug-likeness (QED) is 0.800. The van der Waals surface area contributed by atoms with Gasteiger partial charge in [-0.05, 0) is 18.6 Å². The Morgan fingerprint density at radius 3 is 2.48 bits per heavy atom. The maximum Gasteiger partial charge on any atom is 0.288 e. The third kappa shape index (κ3) is 4.39. The Bertz CT molecular complexity index is 588. The molecular formula is C15H17F2N3S. The lowest BCUT2D eigenvalue weighted by molar-refractivity contribution is 0.252. The smallest absolute Gasteiger partial charge is 0.288 e. The molecule has 0 saturated heterocycles. The molecule has 0 unspecified atom stereocenters. The van der Waals surface area contributed by atoms with Crippen molar-refractivity contribution in [2.24, 2.45) is 0 Å². The molecule has 1 N–H and O–H groups in total. The van der Waals surface area contributed by atoms with Crippen molar-refractivity contribution in [2.45, 2.75) is 30.4 Å². The standard InChI is InChI=1S/C15H17F2N3S/c1-3-4-13-19-12(9-14(18-2)20-13)10-5-7-11(8-6-10)21-15(16)17/h5-9,15H,3-4H2,1-2H3,(H,18,19,20). The number of nitrogens with one attached hydrogen (secondary N) is 1. The van der Waals surface area contributed by atoms with Gasteiger partial charge in [-0.15, -0.1) is 0 Å². The first-order chi connectivity index (χ1) is 10.1. The van der Waals surface area contributed by atoms with E-state index in [1.165, 1.54) is 0 Å². The number of aryl methyl sites for hydroxylation is 1. The van der Waals surface area contributed by atoms with Gasteiger partial charge >= 0.3 is 0 Å². The van der Waals surface area contributed by atoms with Crippen molar-refractivity contribution in [2.75, 3.05) is 12.4 Å². The van der Waals surface area contributed by atoms with Crippen molar-refractivity contribution in [3.63, 3.8) is 0 Å². The van der Waals surface area contributed by atoms with Crippen molar-refractivity contribution in [1.82, 2.24) is 9.97 Å². The van der Waals surface area contributed by atoms with Crippen LogP contribution in [0.5, 0.6) is 0 Å². The third-order valence-electron chi connectivity index (χ3n) is 2.88. The highest BCUT2D eigenvalue weighted by Crippen LogP contribution is 2.28. The molecule has 21 heavy (non-hydrogen) atoms.